The SMILES string of the molecule is Cc1ccn(C2CCNCC2)c(=O)c1C(=O)NCCn1nc(-c2ccccc2)ccc1=O.Cl. The molecule has 3 aromatic rings. The molecule has 33 heavy (non-hydrogen) atoms. The number of halogens is 1. The molecule has 2 aromatic heterocycles. The van der Waals surface area contributed by atoms with Crippen LogP contribution in [-0.2, 0) is 6.54 Å². The molecule has 1 fully saturated rings. The lowest BCUT2D eigenvalue weighted by Gasteiger charge is -2.25. The number of hydrogen-bond donors (Lipinski definition) is 2. The van der Waals surface area contributed by atoms with Crippen molar-refractivity contribution in [2.75, 3.05) is 19.6 Å². The monoisotopic (exact) mass is 469 g/mol. The summed E-state index contributed by atoms with van der Waals surface area (Å²) in [5.41, 5.74) is 1.87. The summed E-state index contributed by atoms with van der Waals surface area (Å²) in [7, 11) is 0. The summed E-state index contributed by atoms with van der Waals surface area (Å²) in [4.78, 5) is 38.1. The maximum absolute atomic E-state index is 13.0. The first-order chi connectivity index (χ1) is 15.5. The largest absolute Gasteiger partial charge is 0.350 e. The fourth-order valence-electron chi connectivity index (χ4n) is 4.03. The second-order valence-corrected chi connectivity index (χ2v) is 7.97. The van der Waals surface area contributed by atoms with Crippen molar-refractivity contribution in [3.63, 3.8) is 0 Å². The highest BCUT2D eigenvalue weighted by Gasteiger charge is 2.21. The molecular weight excluding hydrogens is 442 g/mol. The number of pyridine rings is 1. The molecule has 3 heterocycles. The molecule has 1 amide bonds. The highest BCUT2D eigenvalue weighted by molar-refractivity contribution is 5.95. The highest BCUT2D eigenvalue weighted by Crippen LogP contribution is 2.17. The van der Waals surface area contributed by atoms with Crippen LogP contribution in [0.2, 0.25) is 0 Å². The van der Waals surface area contributed by atoms with E-state index in [0.717, 1.165) is 31.5 Å². The number of rotatable bonds is 6. The number of nitrogens with one attached hydrogen (secondary N) is 2. The first-order valence-electron chi connectivity index (χ1n) is 10.9. The van der Waals surface area contributed by atoms with Crippen LogP contribution >= 0.6 is 12.4 Å². The second kappa shape index (κ2) is 11.1. The van der Waals surface area contributed by atoms with Crippen LogP contribution in [0.5, 0.6) is 0 Å². The summed E-state index contributed by atoms with van der Waals surface area (Å²) in [5.74, 6) is -0.428. The summed E-state index contributed by atoms with van der Waals surface area (Å²) in [5, 5.41) is 10.5. The average molecular weight is 470 g/mol. The van der Waals surface area contributed by atoms with E-state index >= 15 is 0 Å². The van der Waals surface area contributed by atoms with Gasteiger partial charge in [0.1, 0.15) is 5.56 Å². The number of aryl methyl sites for hydroxylation is 1. The van der Waals surface area contributed by atoms with Crippen LogP contribution in [0.25, 0.3) is 11.3 Å². The van der Waals surface area contributed by atoms with Gasteiger partial charge in [0.05, 0.1) is 12.2 Å². The number of benzene rings is 1. The van der Waals surface area contributed by atoms with Crippen LogP contribution < -0.4 is 21.8 Å². The lowest BCUT2D eigenvalue weighted by molar-refractivity contribution is 0.0948. The van der Waals surface area contributed by atoms with Crippen LogP contribution in [0.3, 0.4) is 0 Å². The third-order valence-corrected chi connectivity index (χ3v) is 5.80. The molecule has 1 saturated heterocycles. The number of aromatic nitrogens is 3. The Labute approximate surface area is 198 Å². The zero-order chi connectivity index (χ0) is 22.5. The fraction of sp³-hybridized carbons (Fsp3) is 0.333. The van der Waals surface area contributed by atoms with Crippen molar-refractivity contribution in [1.82, 2.24) is 25.0 Å². The molecule has 174 valence electrons. The Balaban J connectivity index is 0.00000306. The quantitative estimate of drug-likeness (QED) is 0.576. The van der Waals surface area contributed by atoms with E-state index < -0.39 is 5.91 Å². The van der Waals surface area contributed by atoms with E-state index in [1.54, 1.807) is 23.8 Å². The van der Waals surface area contributed by atoms with Crippen molar-refractivity contribution in [1.29, 1.82) is 0 Å². The molecule has 2 N–H and O–H groups in total. The van der Waals surface area contributed by atoms with E-state index in [2.05, 4.69) is 15.7 Å². The first kappa shape index (κ1) is 24.4. The number of hydrogen-bond acceptors (Lipinski definition) is 5. The summed E-state index contributed by atoms with van der Waals surface area (Å²) in [6.45, 7) is 3.87. The van der Waals surface area contributed by atoms with Gasteiger partial charge in [-0.05, 0) is 50.6 Å². The van der Waals surface area contributed by atoms with Crippen molar-refractivity contribution in [3.8, 4) is 11.3 Å². The molecule has 0 bridgehead atoms. The molecule has 1 aliphatic rings. The zero-order valence-electron chi connectivity index (χ0n) is 18.5. The zero-order valence-corrected chi connectivity index (χ0v) is 19.3. The Morgan fingerprint density at radius 3 is 2.55 bits per heavy atom. The molecule has 1 aromatic carbocycles. The molecular formula is C24H28ClN5O3. The topological polar surface area (TPSA) is 98.0 Å². The standard InChI is InChI=1S/C24H27N5O3.ClH/c1-17-11-15-28(19-9-12-25-13-10-19)24(32)22(17)23(31)26-14-16-29-21(30)8-7-20(27-29)18-5-3-2-4-6-18;/h2-8,11,15,19,25H,9-10,12-14,16H2,1H3,(H,26,31);1H. The van der Waals surface area contributed by atoms with Gasteiger partial charge in [0.2, 0.25) is 0 Å². The second-order valence-electron chi connectivity index (χ2n) is 7.97. The normalized spacial score (nSPS) is 13.8. The maximum atomic E-state index is 13.0. The highest BCUT2D eigenvalue weighted by atomic mass is 35.5. The molecule has 0 unspecified atom stereocenters. The Hall–Kier alpha value is -3.23. The Morgan fingerprint density at radius 1 is 1.09 bits per heavy atom. The van der Waals surface area contributed by atoms with E-state index in [-0.39, 0.29) is 48.2 Å². The summed E-state index contributed by atoms with van der Waals surface area (Å²) >= 11 is 0. The van der Waals surface area contributed by atoms with Crippen molar-refractivity contribution in [3.05, 3.63) is 86.6 Å². The van der Waals surface area contributed by atoms with Gasteiger partial charge in [0, 0.05) is 30.4 Å². The third-order valence-electron chi connectivity index (χ3n) is 5.80. The van der Waals surface area contributed by atoms with Crippen molar-refractivity contribution >= 4 is 18.3 Å². The van der Waals surface area contributed by atoms with Gasteiger partial charge < -0.3 is 15.2 Å². The minimum Gasteiger partial charge on any atom is -0.350 e. The Bertz CT molecular complexity index is 1220. The van der Waals surface area contributed by atoms with Crippen LogP contribution in [0, 0.1) is 6.92 Å². The summed E-state index contributed by atoms with van der Waals surface area (Å²) < 4.78 is 3.01. The van der Waals surface area contributed by atoms with Gasteiger partial charge in [-0.1, -0.05) is 30.3 Å². The minimum absolute atomic E-state index is 0. The molecule has 0 saturated carbocycles. The van der Waals surface area contributed by atoms with Gasteiger partial charge in [0.25, 0.3) is 17.0 Å². The summed E-state index contributed by atoms with van der Waals surface area (Å²) in [6.07, 6.45) is 3.50. The van der Waals surface area contributed by atoms with E-state index in [0.29, 0.717) is 11.3 Å². The number of amides is 1. The predicted molar refractivity (Wildman–Crippen MR) is 130 cm³/mol. The Morgan fingerprint density at radius 2 is 1.82 bits per heavy atom. The van der Waals surface area contributed by atoms with Crippen LogP contribution in [0.1, 0.15) is 34.8 Å². The van der Waals surface area contributed by atoms with Gasteiger partial charge in [-0.25, -0.2) is 4.68 Å². The number of piperidine rings is 1. The van der Waals surface area contributed by atoms with Gasteiger partial charge >= 0.3 is 0 Å². The van der Waals surface area contributed by atoms with Crippen LogP contribution in [0.4, 0.5) is 0 Å². The lowest BCUT2D eigenvalue weighted by atomic mass is 10.0. The maximum Gasteiger partial charge on any atom is 0.266 e. The molecule has 4 rings (SSSR count). The third kappa shape index (κ3) is 5.58. The fourth-order valence-corrected chi connectivity index (χ4v) is 4.03. The number of carbonyl (C=O) groups is 1. The van der Waals surface area contributed by atoms with Crippen molar-refractivity contribution in [2.45, 2.75) is 32.4 Å². The molecule has 0 spiro atoms. The van der Waals surface area contributed by atoms with E-state index in [4.69, 9.17) is 0 Å². The van der Waals surface area contributed by atoms with Gasteiger partial charge in [0.15, 0.2) is 0 Å². The Kier molecular flexibility index (Phi) is 8.19. The van der Waals surface area contributed by atoms with Crippen LogP contribution in [-0.4, -0.2) is 39.9 Å². The number of nitrogens with zero attached hydrogens (tertiary/aromatic N) is 3. The predicted octanol–water partition coefficient (Wildman–Crippen LogP) is 2.16. The molecule has 9 heteroatoms. The van der Waals surface area contributed by atoms with Gasteiger partial charge in [-0.15, -0.1) is 12.4 Å². The minimum atomic E-state index is -0.428. The molecule has 1 aliphatic heterocycles. The molecule has 0 radical (unpaired) electrons. The smallest absolute Gasteiger partial charge is 0.266 e. The average Bonchev–Trinajstić information content (AvgIpc) is 2.81. The van der Waals surface area contributed by atoms with Crippen molar-refractivity contribution < 1.29 is 4.79 Å². The lowest BCUT2D eigenvalue weighted by Crippen LogP contribution is -2.39. The van der Waals surface area contributed by atoms with E-state index in [1.165, 1.54) is 10.7 Å². The van der Waals surface area contributed by atoms with Crippen molar-refractivity contribution in [2.24, 2.45) is 0 Å². The molecule has 0 aliphatic carbocycles. The summed E-state index contributed by atoms with van der Waals surface area (Å²) in [6, 6.07) is 14.6. The van der Waals surface area contributed by atoms with Gasteiger partial charge in [-0.2, -0.15) is 5.10 Å². The van der Waals surface area contributed by atoms with Crippen LogP contribution in [0.15, 0.2) is 64.3 Å². The van der Waals surface area contributed by atoms with E-state index in [1.807, 2.05) is 36.4 Å². The first-order valence-corrected chi connectivity index (χ1v) is 10.9. The molecule has 8 nitrogen and oxygen atoms in total. The molecule has 0 atom stereocenters. The van der Waals surface area contributed by atoms with Gasteiger partial charge in [-0.3, -0.25) is 14.4 Å². The number of carbonyl (C=O) groups excluding carboxylic acids is 1. The van der Waals surface area contributed by atoms with E-state index in [9.17, 15) is 14.4 Å².